The molecule has 0 aromatic carbocycles. The van der Waals surface area contributed by atoms with E-state index in [1.807, 2.05) is 11.8 Å². The Hall–Kier alpha value is -3.29. The van der Waals surface area contributed by atoms with Crippen LogP contribution in [-0.4, -0.2) is 83.2 Å². The van der Waals surface area contributed by atoms with Crippen molar-refractivity contribution in [2.24, 2.45) is 5.41 Å². The molecule has 3 aliphatic heterocycles. The van der Waals surface area contributed by atoms with Gasteiger partial charge in [-0.1, -0.05) is 12.5 Å². The molecule has 0 aromatic rings. The summed E-state index contributed by atoms with van der Waals surface area (Å²) in [6.45, 7) is 2.24. The van der Waals surface area contributed by atoms with Gasteiger partial charge in [-0.2, -0.15) is 11.8 Å². The van der Waals surface area contributed by atoms with Gasteiger partial charge in [-0.15, -0.1) is 5.06 Å². The van der Waals surface area contributed by atoms with Crippen molar-refractivity contribution in [3.05, 3.63) is 12.2 Å². The van der Waals surface area contributed by atoms with Crippen LogP contribution in [0, 0.1) is 5.41 Å². The number of carbonyl (C=O) groups is 6. The molecule has 0 spiro atoms. The Morgan fingerprint density at radius 1 is 1.10 bits per heavy atom. The zero-order valence-corrected chi connectivity index (χ0v) is 24.1. The molecule has 0 saturated carbocycles. The number of nitrogens with zero attached hydrogens (tertiary/aromatic N) is 1. The number of hydroxylamine groups is 2. The lowest BCUT2D eigenvalue weighted by atomic mass is 9.80. The highest BCUT2D eigenvalue weighted by atomic mass is 32.2. The predicted molar refractivity (Wildman–Crippen MR) is 148 cm³/mol. The van der Waals surface area contributed by atoms with E-state index in [9.17, 15) is 28.8 Å². The Kier molecular flexibility index (Phi) is 10.5. The molecule has 0 bridgehead atoms. The number of nitrogens with one attached hydrogen (secondary N) is 4. The minimum Gasteiger partial charge on any atom is -0.442 e. The minimum absolute atomic E-state index is 0.0403. The van der Waals surface area contributed by atoms with Gasteiger partial charge in [-0.3, -0.25) is 14.4 Å². The van der Waals surface area contributed by atoms with Crippen molar-refractivity contribution in [1.29, 1.82) is 0 Å². The van der Waals surface area contributed by atoms with Crippen LogP contribution in [0.3, 0.4) is 0 Å². The number of urea groups is 1. The summed E-state index contributed by atoms with van der Waals surface area (Å²) in [5.74, 6) is -0.813. The molecule has 0 aromatic heterocycles. The molecule has 226 valence electrons. The van der Waals surface area contributed by atoms with Crippen LogP contribution in [0.1, 0.15) is 71.1 Å². The second-order valence-corrected chi connectivity index (χ2v) is 12.4. The van der Waals surface area contributed by atoms with Gasteiger partial charge in [0.2, 0.25) is 5.91 Å². The van der Waals surface area contributed by atoms with E-state index in [2.05, 4.69) is 21.3 Å². The first kappa shape index (κ1) is 30.7. The second-order valence-electron chi connectivity index (χ2n) is 11.1. The Morgan fingerprint density at radius 3 is 2.63 bits per heavy atom. The van der Waals surface area contributed by atoms with Gasteiger partial charge in [0.05, 0.1) is 17.5 Å². The van der Waals surface area contributed by atoms with Crippen LogP contribution in [-0.2, 0) is 28.8 Å². The number of unbranched alkanes of at least 4 members (excludes halogenated alkanes) is 1. The maximum atomic E-state index is 12.7. The van der Waals surface area contributed by atoms with Crippen molar-refractivity contribution in [2.75, 3.05) is 18.8 Å². The molecule has 1 aliphatic carbocycles. The molecule has 6 amide bonds. The van der Waals surface area contributed by atoms with Crippen molar-refractivity contribution in [1.82, 2.24) is 26.3 Å². The molecule has 3 saturated heterocycles. The monoisotopic (exact) mass is 593 g/mol. The van der Waals surface area contributed by atoms with Gasteiger partial charge < -0.3 is 30.8 Å². The average molecular weight is 594 g/mol. The SMILES string of the molecule is CC1(C(=O)ON2C(=O)CCC2=O)C/C=C/C(OC(=O)NCCNC(=O)CCCC[C@@H]2SC[C@@H]3NC(=O)N[C@@H]32)CCC1. The highest BCUT2D eigenvalue weighted by Crippen LogP contribution is 2.34. The first-order valence-electron chi connectivity index (χ1n) is 14.3. The number of ether oxygens (including phenoxy) is 1. The summed E-state index contributed by atoms with van der Waals surface area (Å²) in [6.07, 6.45) is 7.33. The number of amides is 6. The van der Waals surface area contributed by atoms with Crippen LogP contribution in [0.2, 0.25) is 0 Å². The van der Waals surface area contributed by atoms with Gasteiger partial charge >= 0.3 is 18.1 Å². The molecule has 14 heteroatoms. The van der Waals surface area contributed by atoms with Crippen molar-refractivity contribution >= 4 is 47.6 Å². The molecule has 3 heterocycles. The Bertz CT molecular complexity index is 1050. The van der Waals surface area contributed by atoms with Crippen LogP contribution in [0.4, 0.5) is 9.59 Å². The summed E-state index contributed by atoms with van der Waals surface area (Å²) in [5.41, 5.74) is -0.908. The van der Waals surface area contributed by atoms with E-state index in [0.29, 0.717) is 42.4 Å². The quantitative estimate of drug-likeness (QED) is 0.120. The van der Waals surface area contributed by atoms with Gasteiger partial charge in [0.15, 0.2) is 0 Å². The number of hydrogen-bond acceptors (Lipinski definition) is 9. The van der Waals surface area contributed by atoms with Crippen molar-refractivity contribution < 1.29 is 38.3 Å². The van der Waals surface area contributed by atoms with Gasteiger partial charge in [0.1, 0.15) is 6.10 Å². The largest absolute Gasteiger partial charge is 0.442 e. The van der Waals surface area contributed by atoms with E-state index in [1.165, 1.54) is 0 Å². The standard InChI is InChI=1S/C27H39N5O8S/c1-27(24(36)40-32-21(34)10-11-22(32)35)12-4-6-17(7-5-13-27)39-26(38)29-15-14-28-20(33)9-3-2-8-19-23-18(16-41-19)30-25(37)31-23/h4,6,17-19,23H,2-3,5,7-16H2,1H3,(H,28,33)(H,29,38)(H2,30,31,37)/b6-4+/t17?,18-,19-,23-,27?/m0/s1. The first-order valence-corrected chi connectivity index (χ1v) is 15.3. The Morgan fingerprint density at radius 2 is 1.85 bits per heavy atom. The molecule has 13 nitrogen and oxygen atoms in total. The highest BCUT2D eigenvalue weighted by Gasteiger charge is 2.43. The Balaban J connectivity index is 1.06. The van der Waals surface area contributed by atoms with Crippen LogP contribution >= 0.6 is 11.8 Å². The van der Waals surface area contributed by atoms with E-state index in [4.69, 9.17) is 9.57 Å². The van der Waals surface area contributed by atoms with E-state index in [1.54, 1.807) is 19.1 Å². The van der Waals surface area contributed by atoms with Crippen LogP contribution < -0.4 is 21.3 Å². The fourth-order valence-corrected chi connectivity index (χ4v) is 6.96. The molecule has 0 radical (unpaired) electrons. The molecule has 41 heavy (non-hydrogen) atoms. The third-order valence-corrected chi connectivity index (χ3v) is 9.37. The molecule has 3 fully saturated rings. The predicted octanol–water partition coefficient (Wildman–Crippen LogP) is 1.67. The first-order chi connectivity index (χ1) is 19.6. The van der Waals surface area contributed by atoms with E-state index in [0.717, 1.165) is 25.0 Å². The van der Waals surface area contributed by atoms with Gasteiger partial charge in [-0.05, 0) is 51.5 Å². The normalized spacial score (nSPS) is 30.0. The zero-order valence-electron chi connectivity index (χ0n) is 23.3. The summed E-state index contributed by atoms with van der Waals surface area (Å²) in [6, 6.07) is 0.288. The number of alkyl carbamates (subject to hydrolysis) is 1. The van der Waals surface area contributed by atoms with E-state index >= 15 is 0 Å². The lowest BCUT2D eigenvalue weighted by Gasteiger charge is -2.29. The zero-order chi connectivity index (χ0) is 29.4. The van der Waals surface area contributed by atoms with Crippen LogP contribution in [0.5, 0.6) is 0 Å². The van der Waals surface area contributed by atoms with Crippen molar-refractivity contribution in [2.45, 2.75) is 94.6 Å². The summed E-state index contributed by atoms with van der Waals surface area (Å²) >= 11 is 1.86. The molecule has 4 rings (SSSR count). The lowest BCUT2D eigenvalue weighted by molar-refractivity contribution is -0.205. The molecule has 4 aliphatic rings. The fourth-order valence-electron chi connectivity index (χ4n) is 5.41. The van der Waals surface area contributed by atoms with Crippen molar-refractivity contribution in [3.63, 3.8) is 0 Å². The third kappa shape index (κ3) is 8.37. The van der Waals surface area contributed by atoms with Gasteiger partial charge in [0, 0.05) is 43.4 Å². The number of imide groups is 1. The Labute approximate surface area is 243 Å². The number of fused-ring (bicyclic) bond motifs is 1. The van der Waals surface area contributed by atoms with Crippen LogP contribution in [0.15, 0.2) is 12.2 Å². The molecule has 4 N–H and O–H groups in total. The minimum atomic E-state index is -0.908. The van der Waals surface area contributed by atoms with Crippen molar-refractivity contribution in [3.8, 4) is 0 Å². The maximum absolute atomic E-state index is 12.7. The topological polar surface area (TPSA) is 172 Å². The number of hydrogen-bond donors (Lipinski definition) is 4. The van der Waals surface area contributed by atoms with Gasteiger partial charge in [-0.25, -0.2) is 14.4 Å². The molecule has 5 atom stereocenters. The molecule has 2 unspecified atom stereocenters. The van der Waals surface area contributed by atoms with E-state index < -0.39 is 35.4 Å². The molecular weight excluding hydrogens is 554 g/mol. The summed E-state index contributed by atoms with van der Waals surface area (Å²) < 4.78 is 5.47. The summed E-state index contributed by atoms with van der Waals surface area (Å²) in [4.78, 5) is 77.2. The number of rotatable bonds is 11. The third-order valence-electron chi connectivity index (χ3n) is 7.86. The molecular formula is C27H39N5O8S. The van der Waals surface area contributed by atoms with Gasteiger partial charge in [0.25, 0.3) is 11.8 Å². The fraction of sp³-hybridized carbons (Fsp3) is 0.704. The average Bonchev–Trinajstić information content (AvgIpc) is 3.57. The smallest absolute Gasteiger partial charge is 0.407 e. The van der Waals surface area contributed by atoms with E-state index in [-0.39, 0.29) is 50.0 Å². The number of allylic oxidation sites excluding steroid dienone is 1. The van der Waals surface area contributed by atoms with Crippen LogP contribution in [0.25, 0.3) is 0 Å². The second kappa shape index (κ2) is 14.1. The number of thioether (sulfide) groups is 1. The lowest BCUT2D eigenvalue weighted by Crippen LogP contribution is -2.39. The summed E-state index contributed by atoms with van der Waals surface area (Å²) in [7, 11) is 0. The number of carbonyl (C=O) groups excluding carboxylic acids is 6. The highest BCUT2D eigenvalue weighted by molar-refractivity contribution is 8.00. The summed E-state index contributed by atoms with van der Waals surface area (Å²) in [5, 5.41) is 12.3. The maximum Gasteiger partial charge on any atom is 0.407 e.